The van der Waals surface area contributed by atoms with Crippen LogP contribution in [0.25, 0.3) is 32.6 Å². The molecular formula is C26H22N2O3. The molecule has 0 radical (unpaired) electrons. The van der Waals surface area contributed by atoms with E-state index in [1.165, 1.54) is 0 Å². The molecule has 154 valence electrons. The van der Waals surface area contributed by atoms with E-state index in [2.05, 4.69) is 28.1 Å². The van der Waals surface area contributed by atoms with Crippen molar-refractivity contribution >= 4 is 44.2 Å². The van der Waals surface area contributed by atoms with Crippen LogP contribution in [0.15, 0.2) is 66.7 Å². The average molecular weight is 410 g/mol. The monoisotopic (exact) mass is 410 g/mol. The molecule has 0 unspecified atom stereocenters. The first-order valence-electron chi connectivity index (χ1n) is 10.1. The molecule has 1 heterocycles. The Morgan fingerprint density at radius 3 is 2.55 bits per heavy atom. The first-order chi connectivity index (χ1) is 15.0. The van der Waals surface area contributed by atoms with Crippen molar-refractivity contribution in [2.45, 2.75) is 6.92 Å². The molecule has 0 aliphatic heterocycles. The number of aromatic hydroxyl groups is 1. The largest absolute Gasteiger partial charge is 0.507 e. The van der Waals surface area contributed by atoms with Gasteiger partial charge in [0.15, 0.2) is 0 Å². The fraction of sp³-hybridized carbons (Fsp3) is 0.115. The second-order valence-corrected chi connectivity index (χ2v) is 7.76. The molecule has 2 N–H and O–H groups in total. The number of nitrogens with one attached hydrogen (secondary N) is 1. The van der Waals surface area contributed by atoms with Crippen LogP contribution in [0.3, 0.4) is 0 Å². The molecule has 5 heteroatoms. The molecule has 0 bridgehead atoms. The summed E-state index contributed by atoms with van der Waals surface area (Å²) < 4.78 is 7.35. The SMILES string of the molecule is COc1ccc(NC(=O)c2cc3ccc4c5ccccc5n(C)c4c3cc2O)c(C)c1. The number of fused-ring (bicyclic) bond motifs is 5. The van der Waals surface area contributed by atoms with Gasteiger partial charge in [-0.1, -0.05) is 30.3 Å². The van der Waals surface area contributed by atoms with Crippen LogP contribution < -0.4 is 10.1 Å². The van der Waals surface area contributed by atoms with E-state index in [1.807, 2.05) is 38.2 Å². The molecule has 1 aromatic heterocycles. The van der Waals surface area contributed by atoms with Crippen LogP contribution in [0.2, 0.25) is 0 Å². The number of amides is 1. The smallest absolute Gasteiger partial charge is 0.259 e. The van der Waals surface area contributed by atoms with Gasteiger partial charge in [-0.3, -0.25) is 4.79 Å². The zero-order chi connectivity index (χ0) is 21.7. The number of hydrogen-bond donors (Lipinski definition) is 2. The molecular weight excluding hydrogens is 388 g/mol. The highest BCUT2D eigenvalue weighted by Gasteiger charge is 2.17. The van der Waals surface area contributed by atoms with Gasteiger partial charge in [-0.05, 0) is 54.3 Å². The van der Waals surface area contributed by atoms with Crippen LogP contribution in [-0.2, 0) is 7.05 Å². The van der Waals surface area contributed by atoms with Crippen molar-refractivity contribution in [2.75, 3.05) is 12.4 Å². The second-order valence-electron chi connectivity index (χ2n) is 7.76. The lowest BCUT2D eigenvalue weighted by molar-refractivity contribution is 0.102. The number of carbonyl (C=O) groups is 1. The van der Waals surface area contributed by atoms with Crippen LogP contribution in [0.4, 0.5) is 5.69 Å². The number of nitrogens with zero attached hydrogens (tertiary/aromatic N) is 1. The zero-order valence-electron chi connectivity index (χ0n) is 17.6. The second kappa shape index (κ2) is 7.06. The van der Waals surface area contributed by atoms with Gasteiger partial charge in [0.1, 0.15) is 11.5 Å². The lowest BCUT2D eigenvalue weighted by Crippen LogP contribution is -2.13. The first kappa shape index (κ1) is 19.0. The van der Waals surface area contributed by atoms with Crippen LogP contribution in [0.1, 0.15) is 15.9 Å². The van der Waals surface area contributed by atoms with Crippen LogP contribution >= 0.6 is 0 Å². The summed E-state index contributed by atoms with van der Waals surface area (Å²) in [5, 5.41) is 17.7. The van der Waals surface area contributed by atoms with Gasteiger partial charge in [-0.15, -0.1) is 0 Å². The highest BCUT2D eigenvalue weighted by Crippen LogP contribution is 2.36. The fourth-order valence-corrected chi connectivity index (χ4v) is 4.31. The summed E-state index contributed by atoms with van der Waals surface area (Å²) in [5.41, 5.74) is 3.95. The minimum absolute atomic E-state index is 0.0473. The third-order valence-electron chi connectivity index (χ3n) is 5.93. The Morgan fingerprint density at radius 1 is 0.968 bits per heavy atom. The van der Waals surface area contributed by atoms with E-state index < -0.39 is 0 Å². The molecule has 0 fully saturated rings. The van der Waals surface area contributed by atoms with Gasteiger partial charge >= 0.3 is 0 Å². The topological polar surface area (TPSA) is 63.5 Å². The van der Waals surface area contributed by atoms with E-state index in [0.29, 0.717) is 5.69 Å². The summed E-state index contributed by atoms with van der Waals surface area (Å²) in [6, 6.07) is 21.2. The lowest BCUT2D eigenvalue weighted by atomic mass is 10.0. The summed E-state index contributed by atoms with van der Waals surface area (Å²) in [4.78, 5) is 12.9. The number of para-hydroxylation sites is 1. The Morgan fingerprint density at radius 2 is 1.77 bits per heavy atom. The van der Waals surface area contributed by atoms with Crippen molar-refractivity contribution in [1.29, 1.82) is 0 Å². The molecule has 0 atom stereocenters. The number of phenolic OH excluding ortho intramolecular Hbond substituents is 1. The van der Waals surface area contributed by atoms with Gasteiger partial charge in [0.2, 0.25) is 0 Å². The predicted molar refractivity (Wildman–Crippen MR) is 125 cm³/mol. The molecule has 5 aromatic rings. The minimum atomic E-state index is -0.357. The van der Waals surface area contributed by atoms with Gasteiger partial charge in [0.25, 0.3) is 5.91 Å². The Balaban J connectivity index is 1.61. The highest BCUT2D eigenvalue weighted by atomic mass is 16.5. The van der Waals surface area contributed by atoms with Gasteiger partial charge in [0, 0.05) is 34.4 Å². The number of phenols is 1. The Hall–Kier alpha value is -3.99. The van der Waals surface area contributed by atoms with Crippen molar-refractivity contribution in [2.24, 2.45) is 7.05 Å². The van der Waals surface area contributed by atoms with Crippen molar-refractivity contribution in [3.8, 4) is 11.5 Å². The summed E-state index contributed by atoms with van der Waals surface area (Å²) >= 11 is 0. The van der Waals surface area contributed by atoms with Crippen LogP contribution in [0.5, 0.6) is 11.5 Å². The Labute approximate surface area is 179 Å². The van der Waals surface area contributed by atoms with Gasteiger partial charge < -0.3 is 19.7 Å². The quantitative estimate of drug-likeness (QED) is 0.397. The van der Waals surface area contributed by atoms with E-state index >= 15 is 0 Å². The predicted octanol–water partition coefficient (Wildman–Crippen LogP) is 5.76. The number of rotatable bonds is 3. The molecule has 5 rings (SSSR count). The zero-order valence-corrected chi connectivity index (χ0v) is 17.6. The third kappa shape index (κ3) is 2.97. The number of methoxy groups -OCH3 is 1. The van der Waals surface area contributed by atoms with Crippen LogP contribution in [0, 0.1) is 6.92 Å². The average Bonchev–Trinajstić information content (AvgIpc) is 3.07. The van der Waals surface area contributed by atoms with Crippen molar-refractivity contribution < 1.29 is 14.6 Å². The molecule has 0 saturated carbocycles. The minimum Gasteiger partial charge on any atom is -0.507 e. The molecule has 0 aliphatic carbocycles. The molecule has 0 spiro atoms. The number of hydrogen-bond acceptors (Lipinski definition) is 3. The molecule has 5 nitrogen and oxygen atoms in total. The summed E-state index contributed by atoms with van der Waals surface area (Å²) in [7, 11) is 3.63. The maximum absolute atomic E-state index is 12.9. The van der Waals surface area contributed by atoms with E-state index in [0.717, 1.165) is 43.9 Å². The fourth-order valence-electron chi connectivity index (χ4n) is 4.31. The van der Waals surface area contributed by atoms with Crippen molar-refractivity contribution in [3.63, 3.8) is 0 Å². The van der Waals surface area contributed by atoms with Crippen LogP contribution in [-0.4, -0.2) is 22.7 Å². The Bertz CT molecular complexity index is 1500. The van der Waals surface area contributed by atoms with E-state index in [4.69, 9.17) is 4.74 Å². The normalized spacial score (nSPS) is 11.3. The molecule has 0 aliphatic rings. The molecule has 31 heavy (non-hydrogen) atoms. The number of anilines is 1. The summed E-state index contributed by atoms with van der Waals surface area (Å²) in [6.07, 6.45) is 0. The summed E-state index contributed by atoms with van der Waals surface area (Å²) in [5.74, 6) is 0.321. The number of ether oxygens (including phenoxy) is 1. The number of carbonyl (C=O) groups excluding carboxylic acids is 1. The summed E-state index contributed by atoms with van der Waals surface area (Å²) in [6.45, 7) is 1.90. The number of aromatic nitrogens is 1. The van der Waals surface area contributed by atoms with E-state index in [9.17, 15) is 9.90 Å². The molecule has 4 aromatic carbocycles. The van der Waals surface area contributed by atoms with E-state index in [-0.39, 0.29) is 17.2 Å². The van der Waals surface area contributed by atoms with Crippen molar-refractivity contribution in [1.82, 2.24) is 4.57 Å². The standard InChI is InChI=1S/C26H22N2O3/c1-15-12-17(31-3)9-11-22(15)27-26(30)21-13-16-8-10-19-18-6-4-5-7-23(18)28(2)25(19)20(16)14-24(21)29/h4-14,29H,1-3H3,(H,27,30). The van der Waals surface area contributed by atoms with Gasteiger partial charge in [-0.25, -0.2) is 0 Å². The van der Waals surface area contributed by atoms with Crippen molar-refractivity contribution in [3.05, 3.63) is 77.9 Å². The number of benzene rings is 4. The first-order valence-corrected chi connectivity index (χ1v) is 10.1. The molecule has 0 saturated heterocycles. The lowest BCUT2D eigenvalue weighted by Gasteiger charge is -2.12. The number of aryl methyl sites for hydroxylation is 2. The van der Waals surface area contributed by atoms with Gasteiger partial charge in [0.05, 0.1) is 18.2 Å². The maximum Gasteiger partial charge on any atom is 0.259 e. The highest BCUT2D eigenvalue weighted by molar-refractivity contribution is 6.19. The molecule has 1 amide bonds. The maximum atomic E-state index is 12.9. The Kier molecular flexibility index (Phi) is 4.33. The third-order valence-corrected chi connectivity index (χ3v) is 5.93. The van der Waals surface area contributed by atoms with Gasteiger partial charge in [-0.2, -0.15) is 0 Å². The van der Waals surface area contributed by atoms with E-state index in [1.54, 1.807) is 31.4 Å².